The van der Waals surface area contributed by atoms with Crippen LogP contribution in [0.3, 0.4) is 0 Å². The molecular weight excluding hydrogens is 252 g/mol. The van der Waals surface area contributed by atoms with Crippen molar-refractivity contribution in [3.05, 3.63) is 22.7 Å². The summed E-state index contributed by atoms with van der Waals surface area (Å²) >= 11 is 3.58. The van der Waals surface area contributed by atoms with Gasteiger partial charge in [-0.3, -0.25) is 0 Å². The minimum absolute atomic E-state index is 0.286. The standard InChI is InChI=1S/C13H21BrO/c14-13(9-5-2-6-10-15)11-12-7-3-1-4-8-12/h5,9,11-12,15H,1-4,6-8,10H2/b9-5+,13-11-. The summed E-state index contributed by atoms with van der Waals surface area (Å²) in [5, 5.41) is 8.63. The Bertz CT molecular complexity index is 215. The normalized spacial score (nSPS) is 20.0. The first-order valence-electron chi connectivity index (χ1n) is 5.97. The van der Waals surface area contributed by atoms with Crippen molar-refractivity contribution in [2.45, 2.75) is 44.9 Å². The molecule has 1 aliphatic carbocycles. The molecule has 0 aromatic rings. The summed E-state index contributed by atoms with van der Waals surface area (Å²) in [6.07, 6.45) is 15.3. The molecule has 1 aliphatic rings. The topological polar surface area (TPSA) is 20.2 Å². The first-order valence-corrected chi connectivity index (χ1v) is 6.77. The SMILES string of the molecule is OCCC/C=C/C(Br)=C/C1CCCCC1. The van der Waals surface area contributed by atoms with Crippen molar-refractivity contribution in [1.29, 1.82) is 0 Å². The monoisotopic (exact) mass is 272 g/mol. The van der Waals surface area contributed by atoms with Crippen molar-refractivity contribution in [3.63, 3.8) is 0 Å². The highest BCUT2D eigenvalue weighted by Gasteiger charge is 2.10. The minimum atomic E-state index is 0.286. The van der Waals surface area contributed by atoms with Gasteiger partial charge in [0.25, 0.3) is 0 Å². The Morgan fingerprint density at radius 2 is 2.00 bits per heavy atom. The summed E-state index contributed by atoms with van der Waals surface area (Å²) in [7, 11) is 0. The molecule has 1 rings (SSSR count). The predicted octanol–water partition coefficient (Wildman–Crippen LogP) is 4.17. The number of hydrogen-bond donors (Lipinski definition) is 1. The summed E-state index contributed by atoms with van der Waals surface area (Å²) < 4.78 is 1.20. The number of aliphatic hydroxyl groups is 1. The maximum absolute atomic E-state index is 8.63. The zero-order chi connectivity index (χ0) is 10.9. The molecule has 0 saturated heterocycles. The molecule has 86 valence electrons. The van der Waals surface area contributed by atoms with E-state index in [1.165, 1.54) is 36.6 Å². The second-order valence-electron chi connectivity index (χ2n) is 4.22. The summed E-state index contributed by atoms with van der Waals surface area (Å²) in [6.45, 7) is 0.286. The largest absolute Gasteiger partial charge is 0.396 e. The second-order valence-corrected chi connectivity index (χ2v) is 5.13. The average Bonchev–Trinajstić information content (AvgIpc) is 2.26. The number of hydrogen-bond acceptors (Lipinski definition) is 1. The number of rotatable bonds is 5. The Kier molecular flexibility index (Phi) is 7.03. The molecule has 2 heteroatoms. The van der Waals surface area contributed by atoms with Crippen LogP contribution in [-0.4, -0.2) is 11.7 Å². The highest BCUT2D eigenvalue weighted by Crippen LogP contribution is 2.27. The highest BCUT2D eigenvalue weighted by atomic mass is 79.9. The van der Waals surface area contributed by atoms with Crippen LogP contribution in [0.2, 0.25) is 0 Å². The predicted molar refractivity (Wildman–Crippen MR) is 69.0 cm³/mol. The van der Waals surface area contributed by atoms with E-state index in [9.17, 15) is 0 Å². The molecule has 0 spiro atoms. The quantitative estimate of drug-likeness (QED) is 0.588. The van der Waals surface area contributed by atoms with Crippen LogP contribution in [0.25, 0.3) is 0 Å². The van der Waals surface area contributed by atoms with E-state index in [1.807, 2.05) is 0 Å². The second kappa shape index (κ2) is 8.12. The Morgan fingerprint density at radius 3 is 2.67 bits per heavy atom. The van der Waals surface area contributed by atoms with Crippen LogP contribution in [0.5, 0.6) is 0 Å². The first kappa shape index (κ1) is 13.0. The van der Waals surface area contributed by atoms with Crippen LogP contribution >= 0.6 is 15.9 Å². The molecule has 0 amide bonds. The minimum Gasteiger partial charge on any atom is -0.396 e. The summed E-state index contributed by atoms with van der Waals surface area (Å²) in [6, 6.07) is 0. The van der Waals surface area contributed by atoms with Gasteiger partial charge in [-0.05, 0) is 31.6 Å². The maximum Gasteiger partial charge on any atom is 0.0433 e. The van der Waals surface area contributed by atoms with Gasteiger partial charge in [-0.1, -0.05) is 53.4 Å². The van der Waals surface area contributed by atoms with Crippen LogP contribution in [0.15, 0.2) is 22.7 Å². The van der Waals surface area contributed by atoms with Crippen LogP contribution in [0, 0.1) is 5.92 Å². The fourth-order valence-corrected chi connectivity index (χ4v) is 2.55. The van der Waals surface area contributed by atoms with Crippen molar-refractivity contribution < 1.29 is 5.11 Å². The van der Waals surface area contributed by atoms with E-state index in [4.69, 9.17) is 5.11 Å². The third-order valence-electron chi connectivity index (χ3n) is 2.85. The zero-order valence-corrected chi connectivity index (χ0v) is 10.9. The van der Waals surface area contributed by atoms with Crippen molar-refractivity contribution in [2.75, 3.05) is 6.61 Å². The summed E-state index contributed by atoms with van der Waals surface area (Å²) in [5.41, 5.74) is 0. The van der Waals surface area contributed by atoms with Crippen molar-refractivity contribution in [2.24, 2.45) is 5.92 Å². The van der Waals surface area contributed by atoms with Crippen LogP contribution < -0.4 is 0 Å². The van der Waals surface area contributed by atoms with Gasteiger partial charge in [-0.2, -0.15) is 0 Å². The molecule has 1 fully saturated rings. The van der Waals surface area contributed by atoms with E-state index < -0.39 is 0 Å². The third-order valence-corrected chi connectivity index (χ3v) is 3.38. The fraction of sp³-hybridized carbons (Fsp3) is 0.692. The number of unbranched alkanes of at least 4 members (excludes halogenated alkanes) is 1. The molecule has 0 heterocycles. The molecule has 0 unspecified atom stereocenters. The van der Waals surface area contributed by atoms with Gasteiger partial charge in [-0.15, -0.1) is 0 Å². The van der Waals surface area contributed by atoms with Gasteiger partial charge >= 0.3 is 0 Å². The van der Waals surface area contributed by atoms with Gasteiger partial charge in [0.2, 0.25) is 0 Å². The van der Waals surface area contributed by atoms with Gasteiger partial charge in [0.1, 0.15) is 0 Å². The lowest BCUT2D eigenvalue weighted by atomic mass is 9.89. The lowest BCUT2D eigenvalue weighted by molar-refractivity contribution is 0.289. The van der Waals surface area contributed by atoms with E-state index in [0.29, 0.717) is 0 Å². The molecule has 15 heavy (non-hydrogen) atoms. The summed E-state index contributed by atoms with van der Waals surface area (Å²) in [5.74, 6) is 0.774. The summed E-state index contributed by atoms with van der Waals surface area (Å²) in [4.78, 5) is 0. The fourth-order valence-electron chi connectivity index (χ4n) is 1.99. The number of allylic oxidation sites excluding steroid dienone is 4. The van der Waals surface area contributed by atoms with Gasteiger partial charge < -0.3 is 5.11 Å². The smallest absolute Gasteiger partial charge is 0.0433 e. The molecule has 1 N–H and O–H groups in total. The lowest BCUT2D eigenvalue weighted by Crippen LogP contribution is -2.02. The maximum atomic E-state index is 8.63. The van der Waals surface area contributed by atoms with E-state index in [0.717, 1.165) is 18.8 Å². The molecule has 1 saturated carbocycles. The van der Waals surface area contributed by atoms with Gasteiger partial charge in [0.05, 0.1) is 0 Å². The van der Waals surface area contributed by atoms with E-state index in [1.54, 1.807) is 0 Å². The molecule has 0 atom stereocenters. The van der Waals surface area contributed by atoms with Gasteiger partial charge in [0.15, 0.2) is 0 Å². The molecule has 0 aliphatic heterocycles. The molecule has 0 radical (unpaired) electrons. The number of halogens is 1. The molecule has 0 aromatic carbocycles. The molecular formula is C13H21BrO. The third kappa shape index (κ3) is 6.16. The van der Waals surface area contributed by atoms with Crippen molar-refractivity contribution in [3.8, 4) is 0 Å². The van der Waals surface area contributed by atoms with Crippen LogP contribution in [-0.2, 0) is 0 Å². The van der Waals surface area contributed by atoms with Crippen molar-refractivity contribution in [1.82, 2.24) is 0 Å². The lowest BCUT2D eigenvalue weighted by Gasteiger charge is -2.18. The Morgan fingerprint density at radius 1 is 1.27 bits per heavy atom. The molecule has 0 bridgehead atoms. The van der Waals surface area contributed by atoms with Gasteiger partial charge in [-0.25, -0.2) is 0 Å². The Balaban J connectivity index is 2.27. The van der Waals surface area contributed by atoms with Gasteiger partial charge in [0, 0.05) is 11.1 Å². The van der Waals surface area contributed by atoms with E-state index >= 15 is 0 Å². The van der Waals surface area contributed by atoms with Crippen LogP contribution in [0.1, 0.15) is 44.9 Å². The highest BCUT2D eigenvalue weighted by molar-refractivity contribution is 9.11. The Labute approximate surface area is 101 Å². The molecule has 0 aromatic heterocycles. The Hall–Kier alpha value is -0.0800. The van der Waals surface area contributed by atoms with E-state index in [2.05, 4.69) is 34.2 Å². The van der Waals surface area contributed by atoms with E-state index in [-0.39, 0.29) is 6.61 Å². The average molecular weight is 273 g/mol. The molecule has 1 nitrogen and oxygen atoms in total. The van der Waals surface area contributed by atoms with Crippen LogP contribution in [0.4, 0.5) is 0 Å². The zero-order valence-electron chi connectivity index (χ0n) is 9.29. The first-order chi connectivity index (χ1) is 7.33. The number of aliphatic hydroxyl groups excluding tert-OH is 1. The van der Waals surface area contributed by atoms with Crippen molar-refractivity contribution >= 4 is 15.9 Å².